The molecule has 7 nitrogen and oxygen atoms in total. The van der Waals surface area contributed by atoms with Gasteiger partial charge in [-0.05, 0) is 56.0 Å². The van der Waals surface area contributed by atoms with Crippen LogP contribution in [0.15, 0.2) is 70.3 Å². The fourth-order valence-electron chi connectivity index (χ4n) is 3.87. The zero-order valence-electron chi connectivity index (χ0n) is 19.5. The van der Waals surface area contributed by atoms with Gasteiger partial charge < -0.3 is 20.0 Å². The molecule has 3 aromatic rings. The van der Waals surface area contributed by atoms with Crippen LogP contribution in [-0.4, -0.2) is 41.4 Å². The number of aliphatic imine (C=N–C) groups is 1. The van der Waals surface area contributed by atoms with Gasteiger partial charge in [0.05, 0.1) is 18.8 Å². The Balaban J connectivity index is 0.00000324. The third kappa shape index (κ3) is 7.06. The Morgan fingerprint density at radius 1 is 1.06 bits per heavy atom. The Hall–Kier alpha value is -2.88. The molecule has 1 aromatic heterocycles. The lowest BCUT2D eigenvalue weighted by molar-refractivity contribution is 0.0724. The van der Waals surface area contributed by atoms with Crippen LogP contribution in [0.3, 0.4) is 0 Å². The highest BCUT2D eigenvalue weighted by Gasteiger charge is 2.18. The molecule has 1 aliphatic heterocycles. The summed E-state index contributed by atoms with van der Waals surface area (Å²) in [7, 11) is 0. The number of benzene rings is 2. The second kappa shape index (κ2) is 13.1. The summed E-state index contributed by atoms with van der Waals surface area (Å²) in [6.07, 6.45) is 5.05. The van der Waals surface area contributed by atoms with Gasteiger partial charge in [0.25, 0.3) is 5.91 Å². The molecule has 2 N–H and O–H groups in total. The van der Waals surface area contributed by atoms with Crippen molar-refractivity contribution in [1.82, 2.24) is 20.5 Å². The van der Waals surface area contributed by atoms with E-state index in [0.29, 0.717) is 24.9 Å². The summed E-state index contributed by atoms with van der Waals surface area (Å²) in [5.41, 5.74) is 3.48. The number of guanidine groups is 1. The third-order valence-electron chi connectivity index (χ3n) is 5.59. The predicted molar refractivity (Wildman–Crippen MR) is 145 cm³/mol. The van der Waals surface area contributed by atoms with Gasteiger partial charge in [-0.2, -0.15) is 0 Å². The Kier molecular flexibility index (Phi) is 9.93. The zero-order valence-corrected chi connectivity index (χ0v) is 21.8. The highest BCUT2D eigenvalue weighted by molar-refractivity contribution is 14.0. The molecule has 0 atom stereocenters. The fraction of sp³-hybridized carbons (Fsp3) is 0.346. The van der Waals surface area contributed by atoms with Crippen molar-refractivity contribution >= 4 is 35.8 Å². The van der Waals surface area contributed by atoms with E-state index in [1.165, 1.54) is 6.42 Å². The van der Waals surface area contributed by atoms with Crippen LogP contribution in [0, 0.1) is 0 Å². The standard InChI is InChI=1S/C26H31N5O2.HI/c1-2-27-26(29-18-23-19-33-24(30-23)21-11-5-3-6-12-21)28-17-20-10-9-13-22(16-20)25(32)31-14-7-4-8-15-31;/h3,5-6,9-13,16,19H,2,4,7-8,14-15,17-18H2,1H3,(H2,27,28,29);1H. The van der Waals surface area contributed by atoms with Crippen molar-refractivity contribution in [2.24, 2.45) is 4.99 Å². The highest BCUT2D eigenvalue weighted by Crippen LogP contribution is 2.18. The lowest BCUT2D eigenvalue weighted by atomic mass is 10.1. The molecule has 1 saturated heterocycles. The lowest BCUT2D eigenvalue weighted by Crippen LogP contribution is -2.37. The fourth-order valence-corrected chi connectivity index (χ4v) is 3.87. The van der Waals surface area contributed by atoms with Crippen LogP contribution >= 0.6 is 24.0 Å². The molecule has 1 aliphatic rings. The maximum Gasteiger partial charge on any atom is 0.253 e. The van der Waals surface area contributed by atoms with Crippen LogP contribution in [0.2, 0.25) is 0 Å². The van der Waals surface area contributed by atoms with Crippen molar-refractivity contribution in [3.63, 3.8) is 0 Å². The van der Waals surface area contributed by atoms with Crippen molar-refractivity contribution in [1.29, 1.82) is 0 Å². The molecule has 180 valence electrons. The Labute approximate surface area is 218 Å². The average Bonchev–Trinajstić information content (AvgIpc) is 3.36. The van der Waals surface area contributed by atoms with Crippen molar-refractivity contribution in [2.45, 2.75) is 39.3 Å². The summed E-state index contributed by atoms with van der Waals surface area (Å²) in [6.45, 7) is 5.44. The van der Waals surface area contributed by atoms with Crippen LogP contribution in [0.4, 0.5) is 0 Å². The number of hydrogen-bond acceptors (Lipinski definition) is 4. The molecule has 0 radical (unpaired) electrons. The SMILES string of the molecule is CCNC(=NCc1cccc(C(=O)N2CCCCC2)c1)NCc1coc(-c2ccccc2)n1.I. The number of halogens is 1. The van der Waals surface area contributed by atoms with Crippen LogP contribution in [0.25, 0.3) is 11.5 Å². The third-order valence-corrected chi connectivity index (χ3v) is 5.59. The smallest absolute Gasteiger partial charge is 0.253 e. The number of carbonyl (C=O) groups is 1. The molecule has 0 unspecified atom stereocenters. The number of rotatable bonds is 7. The Morgan fingerprint density at radius 3 is 2.62 bits per heavy atom. The van der Waals surface area contributed by atoms with E-state index in [0.717, 1.165) is 54.9 Å². The maximum absolute atomic E-state index is 12.8. The molecule has 1 amide bonds. The first-order chi connectivity index (χ1) is 16.2. The van der Waals surface area contributed by atoms with Crippen LogP contribution in [-0.2, 0) is 13.1 Å². The number of aromatic nitrogens is 1. The zero-order chi connectivity index (χ0) is 22.9. The van der Waals surface area contributed by atoms with E-state index in [9.17, 15) is 4.79 Å². The lowest BCUT2D eigenvalue weighted by Gasteiger charge is -2.26. The number of carbonyl (C=O) groups excluding carboxylic acids is 1. The molecule has 0 aliphatic carbocycles. The molecule has 0 spiro atoms. The molecule has 0 saturated carbocycles. The largest absolute Gasteiger partial charge is 0.444 e. The summed E-state index contributed by atoms with van der Waals surface area (Å²) in [5, 5.41) is 6.56. The van der Waals surface area contributed by atoms with E-state index in [-0.39, 0.29) is 29.9 Å². The molecule has 1 fully saturated rings. The van der Waals surface area contributed by atoms with Crippen molar-refractivity contribution in [2.75, 3.05) is 19.6 Å². The number of nitrogens with zero attached hydrogens (tertiary/aromatic N) is 3. The number of oxazole rings is 1. The quantitative estimate of drug-likeness (QED) is 0.240. The maximum atomic E-state index is 12.8. The summed E-state index contributed by atoms with van der Waals surface area (Å²) >= 11 is 0. The number of hydrogen-bond donors (Lipinski definition) is 2. The average molecular weight is 573 g/mol. The number of amides is 1. The van der Waals surface area contributed by atoms with Gasteiger partial charge in [0, 0.05) is 30.8 Å². The van der Waals surface area contributed by atoms with Crippen molar-refractivity contribution in [3.8, 4) is 11.5 Å². The Bertz CT molecular complexity index is 1080. The number of piperidine rings is 1. The molecular formula is C26H32IN5O2. The predicted octanol–water partition coefficient (Wildman–Crippen LogP) is 4.84. The van der Waals surface area contributed by atoms with Gasteiger partial charge in [-0.3, -0.25) is 4.79 Å². The van der Waals surface area contributed by atoms with Gasteiger partial charge in [-0.25, -0.2) is 9.98 Å². The van der Waals surface area contributed by atoms with Gasteiger partial charge in [0.15, 0.2) is 5.96 Å². The van der Waals surface area contributed by atoms with Crippen molar-refractivity contribution < 1.29 is 9.21 Å². The molecular weight excluding hydrogens is 541 g/mol. The van der Waals surface area contributed by atoms with Gasteiger partial charge in [-0.15, -0.1) is 24.0 Å². The van der Waals surface area contributed by atoms with Gasteiger partial charge in [0.2, 0.25) is 5.89 Å². The minimum absolute atomic E-state index is 0. The highest BCUT2D eigenvalue weighted by atomic mass is 127. The van der Waals surface area contributed by atoms with Crippen LogP contribution < -0.4 is 10.6 Å². The van der Waals surface area contributed by atoms with Crippen LogP contribution in [0.1, 0.15) is 47.8 Å². The second-order valence-corrected chi connectivity index (χ2v) is 8.11. The molecule has 2 heterocycles. The molecule has 2 aromatic carbocycles. The summed E-state index contributed by atoms with van der Waals surface area (Å²) < 4.78 is 5.61. The van der Waals surface area contributed by atoms with Gasteiger partial charge >= 0.3 is 0 Å². The molecule has 4 rings (SSSR count). The summed E-state index contributed by atoms with van der Waals surface area (Å²) in [4.78, 5) is 24.0. The second-order valence-electron chi connectivity index (χ2n) is 8.11. The normalized spacial score (nSPS) is 13.8. The number of likely N-dealkylation sites (tertiary alicyclic amines) is 1. The van der Waals surface area contributed by atoms with Gasteiger partial charge in [-0.1, -0.05) is 30.3 Å². The summed E-state index contributed by atoms with van der Waals surface area (Å²) in [6, 6.07) is 17.6. The minimum Gasteiger partial charge on any atom is -0.444 e. The molecule has 0 bridgehead atoms. The topological polar surface area (TPSA) is 82.8 Å². The van der Waals surface area contributed by atoms with E-state index in [1.807, 2.05) is 66.4 Å². The first kappa shape index (κ1) is 25.7. The van der Waals surface area contributed by atoms with Gasteiger partial charge in [0.1, 0.15) is 6.26 Å². The first-order valence-corrected chi connectivity index (χ1v) is 11.6. The summed E-state index contributed by atoms with van der Waals surface area (Å²) in [5.74, 6) is 1.41. The Morgan fingerprint density at radius 2 is 1.85 bits per heavy atom. The van der Waals surface area contributed by atoms with E-state index in [1.54, 1.807) is 6.26 Å². The minimum atomic E-state index is 0. The number of nitrogens with one attached hydrogen (secondary N) is 2. The monoisotopic (exact) mass is 573 g/mol. The van der Waals surface area contributed by atoms with Crippen LogP contribution in [0.5, 0.6) is 0 Å². The van der Waals surface area contributed by atoms with E-state index >= 15 is 0 Å². The van der Waals surface area contributed by atoms with Crippen molar-refractivity contribution in [3.05, 3.63) is 77.7 Å². The first-order valence-electron chi connectivity index (χ1n) is 11.6. The van der Waals surface area contributed by atoms with E-state index in [2.05, 4.69) is 20.6 Å². The van der Waals surface area contributed by atoms with E-state index < -0.39 is 0 Å². The molecule has 8 heteroatoms. The van der Waals surface area contributed by atoms with E-state index in [4.69, 9.17) is 4.42 Å². The molecule has 34 heavy (non-hydrogen) atoms.